The van der Waals surface area contributed by atoms with E-state index in [0.717, 1.165) is 4.62 Å². The molecular formula is C5H3CrO. The van der Waals surface area contributed by atoms with Gasteiger partial charge in [-0.3, -0.25) is 0 Å². The summed E-state index contributed by atoms with van der Waals surface area (Å²) in [6.45, 7) is 0. The normalized spacial score (nSPS) is 7.43. The quantitative estimate of drug-likeness (QED) is 0.500. The van der Waals surface area contributed by atoms with Crippen molar-refractivity contribution >= 4 is 4.62 Å². The van der Waals surface area contributed by atoms with Gasteiger partial charge in [0.1, 0.15) is 0 Å². The van der Waals surface area contributed by atoms with Gasteiger partial charge in [0.15, 0.2) is 0 Å². The molecule has 1 rings (SSSR count). The molecule has 1 aromatic rings. The molecule has 0 aromatic carbocycles. The Hall–Kier alpha value is -0.188. The fourth-order valence-electron chi connectivity index (χ4n) is 0.263. The molecule has 35 valence electrons. The van der Waals surface area contributed by atoms with Crippen LogP contribution in [0.5, 0.6) is 0 Å². The third-order valence-electron chi connectivity index (χ3n) is 0.495. The molecule has 7 heavy (non-hydrogen) atoms. The third kappa shape index (κ3) is 1.82. The van der Waals surface area contributed by atoms with Crippen LogP contribution in [0.4, 0.5) is 0 Å². The first-order valence-corrected chi connectivity index (χ1v) is 2.24. The summed E-state index contributed by atoms with van der Waals surface area (Å²) < 4.78 is 5.62. The molecule has 0 amide bonds. The molecule has 0 fully saturated rings. The molecule has 0 spiro atoms. The van der Waals surface area contributed by atoms with Crippen molar-refractivity contribution in [3.8, 4) is 0 Å². The first kappa shape index (κ1) is 6.81. The van der Waals surface area contributed by atoms with Crippen molar-refractivity contribution in [1.29, 1.82) is 0 Å². The molecule has 0 aliphatic carbocycles. The number of hydrogen-bond donors (Lipinski definition) is 0. The van der Waals surface area contributed by atoms with Crippen molar-refractivity contribution < 1.29 is 20.7 Å². The summed E-state index contributed by atoms with van der Waals surface area (Å²) in [5.74, 6) is 0. The second kappa shape index (κ2) is 2.90. The second-order valence-electron chi connectivity index (χ2n) is 0.932. The van der Waals surface area contributed by atoms with Crippen LogP contribution in [0.1, 0.15) is 0 Å². The predicted molar refractivity (Wildman–Crippen MR) is 21.6 cm³/mol. The van der Waals surface area contributed by atoms with Crippen molar-refractivity contribution in [1.82, 2.24) is 0 Å². The maximum absolute atomic E-state index is 4.78. The minimum absolute atomic E-state index is 0. The van der Waals surface area contributed by atoms with Gasteiger partial charge in [-0.1, -0.05) is 0 Å². The van der Waals surface area contributed by atoms with Crippen molar-refractivity contribution in [2.24, 2.45) is 0 Å². The molecule has 0 saturated carbocycles. The van der Waals surface area contributed by atoms with Gasteiger partial charge < -0.3 is 0 Å². The number of hydrogen-bond acceptors (Lipinski definition) is 1. The van der Waals surface area contributed by atoms with Crippen molar-refractivity contribution in [3.63, 3.8) is 0 Å². The summed E-state index contributed by atoms with van der Waals surface area (Å²) in [6.07, 6.45) is 1.63. The molecule has 0 atom stereocenters. The first-order valence-electron chi connectivity index (χ1n) is 1.60. The summed E-state index contributed by atoms with van der Waals surface area (Å²) in [4.78, 5) is 0. The van der Waals surface area contributed by atoms with Crippen molar-refractivity contribution in [2.75, 3.05) is 0 Å². The molecule has 0 saturated heterocycles. The fourth-order valence-corrected chi connectivity index (χ4v) is 0.473. The van der Waals surface area contributed by atoms with E-state index < -0.39 is 0 Å². The summed E-state index contributed by atoms with van der Waals surface area (Å²) in [6, 6.07) is 3.70. The van der Waals surface area contributed by atoms with E-state index >= 15 is 0 Å². The average molecular weight is 131 g/mol. The molecule has 1 heterocycles. The van der Waals surface area contributed by atoms with Crippen LogP contribution in [0.2, 0.25) is 0 Å². The van der Waals surface area contributed by atoms with Crippen LogP contribution in [-0.2, 0) is 16.3 Å². The zero-order chi connectivity index (χ0) is 4.41. The molecule has 1 aromatic heterocycles. The molecule has 0 unspecified atom stereocenters. The molecule has 0 aliphatic rings. The standard InChI is InChI=1S/C4H3O.C.Cr/c1-2-4-5-3-1;;/h1-3H;;. The molecule has 0 bridgehead atoms. The van der Waals surface area contributed by atoms with Crippen molar-refractivity contribution in [2.45, 2.75) is 0 Å². The van der Waals surface area contributed by atoms with Crippen LogP contribution in [0.15, 0.2) is 22.8 Å². The zero-order valence-electron chi connectivity index (χ0n) is 3.55. The minimum atomic E-state index is 0. The average Bonchev–Trinajstić information content (AvgIpc) is 1.86. The van der Waals surface area contributed by atoms with Crippen LogP contribution < -0.4 is 4.62 Å². The predicted octanol–water partition coefficient (Wildman–Crippen LogP) is 0.533. The van der Waals surface area contributed by atoms with E-state index in [0.29, 0.717) is 0 Å². The summed E-state index contributed by atoms with van der Waals surface area (Å²) >= 11 is 2.72. The topological polar surface area (TPSA) is 13.1 Å². The summed E-state index contributed by atoms with van der Waals surface area (Å²) in [7, 11) is 0. The van der Waals surface area contributed by atoms with Crippen molar-refractivity contribution in [3.05, 3.63) is 25.8 Å². The Morgan fingerprint density at radius 3 is 2.43 bits per heavy atom. The van der Waals surface area contributed by atoms with E-state index in [1.165, 1.54) is 0 Å². The Labute approximate surface area is 51.8 Å². The van der Waals surface area contributed by atoms with Gasteiger partial charge in [-0.25, -0.2) is 0 Å². The van der Waals surface area contributed by atoms with Gasteiger partial charge in [-0.2, -0.15) is 0 Å². The Bertz CT molecular complexity index is 112. The van der Waals surface area contributed by atoms with E-state index in [4.69, 9.17) is 4.42 Å². The summed E-state index contributed by atoms with van der Waals surface area (Å²) in [5, 5.41) is 0. The fraction of sp³-hybridized carbons (Fsp3) is 0. The molecule has 0 N–H and O–H groups in total. The monoisotopic (exact) mass is 131 g/mol. The molecule has 1 nitrogen and oxygen atoms in total. The number of furan rings is 1. The van der Waals surface area contributed by atoms with E-state index in [9.17, 15) is 0 Å². The Balaban J connectivity index is 0.000000360. The first-order chi connectivity index (χ1) is 2.89. The Morgan fingerprint density at radius 1 is 1.57 bits per heavy atom. The Kier molecular flexibility index (Phi) is 2.82. The van der Waals surface area contributed by atoms with Gasteiger partial charge in [0.25, 0.3) is 0 Å². The van der Waals surface area contributed by atoms with E-state index in [1.54, 1.807) is 6.26 Å². The second-order valence-corrected chi connectivity index (χ2v) is 1.56. The Morgan fingerprint density at radius 2 is 2.29 bits per heavy atom. The van der Waals surface area contributed by atoms with Crippen LogP contribution in [0, 0.1) is 7.43 Å². The van der Waals surface area contributed by atoms with Gasteiger partial charge in [-0.15, -0.1) is 0 Å². The molecule has 4 radical (unpaired) electrons. The van der Waals surface area contributed by atoms with E-state index in [1.807, 2.05) is 12.1 Å². The van der Waals surface area contributed by atoms with Crippen LogP contribution >= 0.6 is 0 Å². The van der Waals surface area contributed by atoms with Gasteiger partial charge in [0, 0.05) is 7.43 Å². The van der Waals surface area contributed by atoms with E-state index in [-0.39, 0.29) is 7.43 Å². The SMILES string of the molecule is [C].[Cr][c]1ccco1. The third-order valence-corrected chi connectivity index (χ3v) is 0.858. The van der Waals surface area contributed by atoms with Gasteiger partial charge in [0.2, 0.25) is 0 Å². The van der Waals surface area contributed by atoms with Crippen LogP contribution in [0.3, 0.4) is 0 Å². The van der Waals surface area contributed by atoms with Crippen LogP contribution in [-0.4, -0.2) is 0 Å². The molecule has 2 heteroatoms. The van der Waals surface area contributed by atoms with Gasteiger partial charge in [-0.05, 0) is 0 Å². The van der Waals surface area contributed by atoms with E-state index in [2.05, 4.69) is 16.3 Å². The number of rotatable bonds is 0. The summed E-state index contributed by atoms with van der Waals surface area (Å²) in [5.41, 5.74) is 0. The van der Waals surface area contributed by atoms with Crippen LogP contribution in [0.25, 0.3) is 0 Å². The molecular weight excluding hydrogens is 128 g/mol. The zero-order valence-corrected chi connectivity index (χ0v) is 4.82. The van der Waals surface area contributed by atoms with Gasteiger partial charge >= 0.3 is 43.7 Å². The maximum atomic E-state index is 4.78. The molecule has 0 aliphatic heterocycles. The van der Waals surface area contributed by atoms with Gasteiger partial charge in [0.05, 0.1) is 0 Å².